The van der Waals surface area contributed by atoms with Gasteiger partial charge in [0, 0.05) is 0 Å². The van der Waals surface area contributed by atoms with Crippen molar-refractivity contribution in [3.8, 4) is 0 Å². The molecule has 5 nitrogen and oxygen atoms in total. The Hall–Kier alpha value is -1.10. The second-order valence-electron chi connectivity index (χ2n) is 5.37. The van der Waals surface area contributed by atoms with Gasteiger partial charge >= 0.3 is 5.97 Å². The number of aliphatic hydroxyl groups is 1. The molecule has 3 unspecified atom stereocenters. The Morgan fingerprint density at radius 2 is 1.82 bits per heavy atom. The van der Waals surface area contributed by atoms with E-state index in [0.717, 1.165) is 6.42 Å². The van der Waals surface area contributed by atoms with Gasteiger partial charge < -0.3 is 15.5 Å². The van der Waals surface area contributed by atoms with Crippen LogP contribution >= 0.6 is 0 Å². The number of aliphatic hydroxyl groups excluding tert-OH is 1. The zero-order valence-corrected chi connectivity index (χ0v) is 10.6. The van der Waals surface area contributed by atoms with Crippen LogP contribution in [-0.2, 0) is 9.59 Å². The normalized spacial score (nSPS) is 26.6. The molecule has 1 aliphatic carbocycles. The first-order chi connectivity index (χ1) is 7.75. The summed E-state index contributed by atoms with van der Waals surface area (Å²) >= 11 is 0. The van der Waals surface area contributed by atoms with Gasteiger partial charge in [0.25, 0.3) is 0 Å². The molecule has 0 aromatic rings. The third-order valence-electron chi connectivity index (χ3n) is 3.66. The Labute approximate surface area is 101 Å². The second kappa shape index (κ2) is 5.04. The molecule has 5 heteroatoms. The van der Waals surface area contributed by atoms with E-state index in [2.05, 4.69) is 5.32 Å². The highest BCUT2D eigenvalue weighted by atomic mass is 16.4. The molecule has 0 bridgehead atoms. The monoisotopic (exact) mass is 243 g/mol. The van der Waals surface area contributed by atoms with Crippen molar-refractivity contribution < 1.29 is 19.8 Å². The number of aliphatic carboxylic acids is 1. The lowest BCUT2D eigenvalue weighted by atomic mass is 9.92. The number of hydrogen-bond acceptors (Lipinski definition) is 3. The van der Waals surface area contributed by atoms with Crippen LogP contribution in [-0.4, -0.2) is 33.7 Å². The third kappa shape index (κ3) is 3.19. The van der Waals surface area contributed by atoms with Gasteiger partial charge in [-0.3, -0.25) is 9.59 Å². The minimum Gasteiger partial charge on any atom is -0.481 e. The van der Waals surface area contributed by atoms with E-state index in [1.807, 2.05) is 0 Å². The summed E-state index contributed by atoms with van der Waals surface area (Å²) < 4.78 is 0. The molecule has 98 valence electrons. The topological polar surface area (TPSA) is 86.6 Å². The molecular weight excluding hydrogens is 222 g/mol. The van der Waals surface area contributed by atoms with Gasteiger partial charge in [0.05, 0.1) is 23.5 Å². The molecule has 0 aromatic carbocycles. The van der Waals surface area contributed by atoms with Crippen LogP contribution < -0.4 is 5.32 Å². The van der Waals surface area contributed by atoms with Crippen molar-refractivity contribution in [3.63, 3.8) is 0 Å². The summed E-state index contributed by atoms with van der Waals surface area (Å²) in [4.78, 5) is 23.0. The first-order valence-electron chi connectivity index (χ1n) is 5.98. The Morgan fingerprint density at radius 3 is 2.29 bits per heavy atom. The Kier molecular flexibility index (Phi) is 4.14. The van der Waals surface area contributed by atoms with E-state index in [1.54, 1.807) is 20.8 Å². The molecule has 1 aliphatic rings. The molecule has 0 saturated heterocycles. The predicted octanol–water partition coefficient (Wildman–Crippen LogP) is 0.763. The summed E-state index contributed by atoms with van der Waals surface area (Å²) in [6, 6.07) is 0. The largest absolute Gasteiger partial charge is 0.481 e. The summed E-state index contributed by atoms with van der Waals surface area (Å²) in [6.07, 6.45) is 1.25. The maximum absolute atomic E-state index is 12.0. The van der Waals surface area contributed by atoms with Crippen LogP contribution in [0, 0.1) is 11.8 Å². The smallest absolute Gasteiger partial charge is 0.307 e. The lowest BCUT2D eigenvalue weighted by Gasteiger charge is -2.31. The van der Waals surface area contributed by atoms with Gasteiger partial charge in [0.2, 0.25) is 5.91 Å². The highest BCUT2D eigenvalue weighted by Crippen LogP contribution is 2.32. The fraction of sp³-hybridized carbons (Fsp3) is 0.833. The van der Waals surface area contributed by atoms with Crippen molar-refractivity contribution in [2.24, 2.45) is 11.8 Å². The Bertz CT molecular complexity index is 312. The van der Waals surface area contributed by atoms with Gasteiger partial charge in [-0.05, 0) is 33.6 Å². The summed E-state index contributed by atoms with van der Waals surface area (Å²) in [7, 11) is 0. The molecular formula is C12H21NO4. The number of hydrogen-bond donors (Lipinski definition) is 3. The lowest BCUT2D eigenvalue weighted by Crippen LogP contribution is -2.53. The van der Waals surface area contributed by atoms with Crippen molar-refractivity contribution in [2.45, 2.75) is 51.7 Å². The van der Waals surface area contributed by atoms with E-state index in [-0.39, 0.29) is 5.91 Å². The van der Waals surface area contributed by atoms with Crippen molar-refractivity contribution in [2.75, 3.05) is 0 Å². The van der Waals surface area contributed by atoms with Crippen molar-refractivity contribution in [1.29, 1.82) is 0 Å². The van der Waals surface area contributed by atoms with Gasteiger partial charge in [0.15, 0.2) is 0 Å². The van der Waals surface area contributed by atoms with Crippen LogP contribution in [0.1, 0.15) is 40.0 Å². The summed E-state index contributed by atoms with van der Waals surface area (Å²) in [5.41, 5.74) is -0.733. The van der Waals surface area contributed by atoms with Crippen LogP contribution in [0.15, 0.2) is 0 Å². The molecule has 1 rings (SSSR count). The fourth-order valence-electron chi connectivity index (χ4n) is 2.08. The van der Waals surface area contributed by atoms with E-state index < -0.39 is 29.4 Å². The highest BCUT2D eigenvalue weighted by Gasteiger charge is 2.39. The average Bonchev–Trinajstić information content (AvgIpc) is 2.64. The standard InChI is InChI=1S/C12H21NO4/c1-7(14)12(2,3)13-10(15)8-5-4-6-9(8)11(16)17/h7-9,14H,4-6H2,1-3H3,(H,13,15)(H,16,17). The molecule has 1 saturated carbocycles. The molecule has 3 N–H and O–H groups in total. The average molecular weight is 243 g/mol. The van der Waals surface area contributed by atoms with E-state index >= 15 is 0 Å². The van der Waals surface area contributed by atoms with Crippen LogP contribution in [0.2, 0.25) is 0 Å². The van der Waals surface area contributed by atoms with Crippen LogP contribution in [0.5, 0.6) is 0 Å². The zero-order chi connectivity index (χ0) is 13.2. The number of nitrogens with one attached hydrogen (secondary N) is 1. The van der Waals surface area contributed by atoms with Gasteiger partial charge in [-0.2, -0.15) is 0 Å². The summed E-state index contributed by atoms with van der Waals surface area (Å²) in [5, 5.41) is 21.3. The minimum atomic E-state index is -0.905. The second-order valence-corrected chi connectivity index (χ2v) is 5.37. The van der Waals surface area contributed by atoms with E-state index in [0.29, 0.717) is 12.8 Å². The number of amides is 1. The van der Waals surface area contributed by atoms with Crippen molar-refractivity contribution >= 4 is 11.9 Å². The molecule has 0 aromatic heterocycles. The van der Waals surface area contributed by atoms with Gasteiger partial charge in [0.1, 0.15) is 0 Å². The molecule has 1 amide bonds. The predicted molar refractivity (Wildman–Crippen MR) is 62.4 cm³/mol. The molecule has 0 radical (unpaired) electrons. The van der Waals surface area contributed by atoms with Crippen LogP contribution in [0.25, 0.3) is 0 Å². The Morgan fingerprint density at radius 1 is 1.29 bits per heavy atom. The van der Waals surface area contributed by atoms with Crippen LogP contribution in [0.3, 0.4) is 0 Å². The SMILES string of the molecule is CC(O)C(C)(C)NC(=O)C1CCCC1C(=O)O. The third-order valence-corrected chi connectivity index (χ3v) is 3.66. The van der Waals surface area contributed by atoms with Crippen molar-refractivity contribution in [1.82, 2.24) is 5.32 Å². The van der Waals surface area contributed by atoms with Crippen molar-refractivity contribution in [3.05, 3.63) is 0 Å². The number of rotatable bonds is 4. The molecule has 17 heavy (non-hydrogen) atoms. The number of carboxylic acids is 1. The molecule has 0 aliphatic heterocycles. The van der Waals surface area contributed by atoms with E-state index in [4.69, 9.17) is 5.11 Å². The maximum atomic E-state index is 12.0. The molecule has 0 heterocycles. The van der Waals surface area contributed by atoms with Gasteiger partial charge in [-0.25, -0.2) is 0 Å². The Balaban J connectivity index is 2.67. The van der Waals surface area contributed by atoms with E-state index in [9.17, 15) is 14.7 Å². The summed E-state index contributed by atoms with van der Waals surface area (Å²) in [6.45, 7) is 5.05. The number of carboxylic acid groups (broad SMARTS) is 1. The van der Waals surface area contributed by atoms with E-state index in [1.165, 1.54) is 0 Å². The molecule has 1 fully saturated rings. The van der Waals surface area contributed by atoms with Crippen LogP contribution in [0.4, 0.5) is 0 Å². The zero-order valence-electron chi connectivity index (χ0n) is 10.6. The maximum Gasteiger partial charge on any atom is 0.307 e. The summed E-state index contributed by atoms with van der Waals surface area (Å²) in [5.74, 6) is -2.22. The quantitative estimate of drug-likeness (QED) is 0.680. The minimum absolute atomic E-state index is 0.263. The molecule has 0 spiro atoms. The van der Waals surface area contributed by atoms with Gasteiger partial charge in [-0.15, -0.1) is 0 Å². The first kappa shape index (κ1) is 14.0. The fourth-order valence-corrected chi connectivity index (χ4v) is 2.08. The number of carbonyl (C=O) groups is 2. The number of carbonyl (C=O) groups excluding carboxylic acids is 1. The van der Waals surface area contributed by atoms with Gasteiger partial charge in [-0.1, -0.05) is 6.42 Å². The lowest BCUT2D eigenvalue weighted by molar-refractivity contribution is -0.146. The first-order valence-corrected chi connectivity index (χ1v) is 5.98. The highest BCUT2D eigenvalue weighted by molar-refractivity contribution is 5.85. The molecule has 3 atom stereocenters.